The van der Waals surface area contributed by atoms with Crippen molar-refractivity contribution in [2.24, 2.45) is 5.92 Å². The maximum absolute atomic E-state index is 12.8. The van der Waals surface area contributed by atoms with Crippen LogP contribution in [0.2, 0.25) is 0 Å². The monoisotopic (exact) mass is 369 g/mol. The summed E-state index contributed by atoms with van der Waals surface area (Å²) in [5.74, 6) is 0.0203. The molecule has 1 saturated carbocycles. The van der Waals surface area contributed by atoms with Gasteiger partial charge in [0.1, 0.15) is 5.54 Å². The predicted molar refractivity (Wildman–Crippen MR) is 101 cm³/mol. The predicted octanol–water partition coefficient (Wildman–Crippen LogP) is 2.46. The summed E-state index contributed by atoms with van der Waals surface area (Å²) in [7, 11) is 0. The first kappa shape index (κ1) is 18.0. The first-order valence-corrected chi connectivity index (χ1v) is 10.0. The number of benzene rings is 1. The molecule has 1 aromatic carbocycles. The fraction of sp³-hybridized carbons (Fsp3) is 0.571. The van der Waals surface area contributed by atoms with Crippen molar-refractivity contribution in [2.75, 3.05) is 13.1 Å². The maximum Gasteiger partial charge on any atom is 0.325 e. The van der Waals surface area contributed by atoms with Crippen LogP contribution in [0, 0.1) is 5.92 Å². The summed E-state index contributed by atoms with van der Waals surface area (Å²) in [6.07, 6.45) is 4.82. The quantitative estimate of drug-likeness (QED) is 0.811. The van der Waals surface area contributed by atoms with Gasteiger partial charge < -0.3 is 10.2 Å². The van der Waals surface area contributed by atoms with Gasteiger partial charge in [-0.25, -0.2) is 4.79 Å². The van der Waals surface area contributed by atoms with Crippen LogP contribution in [0.1, 0.15) is 50.2 Å². The van der Waals surface area contributed by atoms with E-state index in [0.717, 1.165) is 37.7 Å². The van der Waals surface area contributed by atoms with Gasteiger partial charge >= 0.3 is 6.03 Å². The van der Waals surface area contributed by atoms with E-state index >= 15 is 0 Å². The Kier molecular flexibility index (Phi) is 4.66. The SMILES string of the molecule is CCc1ccc(CN2CC(CN3C(=O)NC4(CCCC4)C3=O)CC2=O)cc1. The molecular weight excluding hydrogens is 342 g/mol. The lowest BCUT2D eigenvalue weighted by Gasteiger charge is -2.22. The number of nitrogens with one attached hydrogen (secondary N) is 1. The third kappa shape index (κ3) is 3.33. The van der Waals surface area contributed by atoms with Crippen LogP contribution < -0.4 is 5.32 Å². The summed E-state index contributed by atoms with van der Waals surface area (Å²) in [5, 5.41) is 2.92. The van der Waals surface area contributed by atoms with Crippen molar-refractivity contribution in [2.45, 2.75) is 57.5 Å². The third-order valence-electron chi connectivity index (χ3n) is 6.24. The molecule has 1 aliphatic carbocycles. The Bertz CT molecular complexity index is 752. The van der Waals surface area contributed by atoms with Crippen molar-refractivity contribution in [1.29, 1.82) is 0 Å². The van der Waals surface area contributed by atoms with Gasteiger partial charge in [0, 0.05) is 32.0 Å². The molecule has 27 heavy (non-hydrogen) atoms. The summed E-state index contributed by atoms with van der Waals surface area (Å²) in [4.78, 5) is 40.7. The molecule has 1 atom stereocenters. The molecule has 2 aliphatic heterocycles. The molecule has 4 amide bonds. The zero-order valence-corrected chi connectivity index (χ0v) is 15.9. The zero-order chi connectivity index (χ0) is 19.0. The Balaban J connectivity index is 1.37. The molecular formula is C21H27N3O3. The molecule has 4 rings (SSSR count). The molecule has 2 saturated heterocycles. The lowest BCUT2D eigenvalue weighted by Crippen LogP contribution is -2.44. The summed E-state index contributed by atoms with van der Waals surface area (Å²) in [6.45, 7) is 3.64. The number of nitrogens with zero attached hydrogens (tertiary/aromatic N) is 2. The van der Waals surface area contributed by atoms with Crippen LogP contribution in [-0.2, 0) is 22.6 Å². The largest absolute Gasteiger partial charge is 0.338 e. The van der Waals surface area contributed by atoms with E-state index in [9.17, 15) is 14.4 Å². The van der Waals surface area contributed by atoms with E-state index in [-0.39, 0.29) is 23.8 Å². The molecule has 1 spiro atoms. The van der Waals surface area contributed by atoms with E-state index in [2.05, 4.69) is 36.5 Å². The van der Waals surface area contributed by atoms with Crippen molar-refractivity contribution in [1.82, 2.24) is 15.1 Å². The minimum atomic E-state index is -0.666. The number of hydrogen-bond donors (Lipinski definition) is 1. The molecule has 144 valence electrons. The number of carbonyl (C=O) groups excluding carboxylic acids is 3. The number of rotatable bonds is 5. The summed E-state index contributed by atoms with van der Waals surface area (Å²) in [6, 6.07) is 8.05. The molecule has 2 heterocycles. The van der Waals surface area contributed by atoms with Crippen LogP contribution in [0.25, 0.3) is 0 Å². The molecule has 0 aromatic heterocycles. The number of hydrogen-bond acceptors (Lipinski definition) is 3. The van der Waals surface area contributed by atoms with Gasteiger partial charge in [-0.2, -0.15) is 0 Å². The van der Waals surface area contributed by atoms with E-state index < -0.39 is 5.54 Å². The highest BCUT2D eigenvalue weighted by Crippen LogP contribution is 2.35. The van der Waals surface area contributed by atoms with Gasteiger partial charge in [-0.3, -0.25) is 14.5 Å². The molecule has 1 N–H and O–H groups in total. The molecule has 6 nitrogen and oxygen atoms in total. The molecule has 3 fully saturated rings. The van der Waals surface area contributed by atoms with Crippen LogP contribution >= 0.6 is 0 Å². The van der Waals surface area contributed by atoms with Crippen LogP contribution in [0.15, 0.2) is 24.3 Å². The number of likely N-dealkylation sites (tertiary alicyclic amines) is 1. The number of urea groups is 1. The van der Waals surface area contributed by atoms with Crippen molar-refractivity contribution >= 4 is 17.8 Å². The Morgan fingerprint density at radius 3 is 2.41 bits per heavy atom. The minimum absolute atomic E-state index is 0.0127. The molecule has 6 heteroatoms. The van der Waals surface area contributed by atoms with Crippen molar-refractivity contribution in [3.63, 3.8) is 0 Å². The van der Waals surface area contributed by atoms with E-state index in [1.165, 1.54) is 10.5 Å². The van der Waals surface area contributed by atoms with Crippen molar-refractivity contribution in [3.8, 4) is 0 Å². The maximum atomic E-state index is 12.8. The van der Waals surface area contributed by atoms with Crippen molar-refractivity contribution in [3.05, 3.63) is 35.4 Å². The highest BCUT2D eigenvalue weighted by atomic mass is 16.2. The molecule has 1 aromatic rings. The summed E-state index contributed by atoms with van der Waals surface area (Å²) < 4.78 is 0. The molecule has 0 bridgehead atoms. The van der Waals surface area contributed by atoms with E-state index in [0.29, 0.717) is 26.1 Å². The fourth-order valence-corrected chi connectivity index (χ4v) is 4.65. The molecule has 1 unspecified atom stereocenters. The van der Waals surface area contributed by atoms with Crippen LogP contribution in [-0.4, -0.2) is 46.3 Å². The van der Waals surface area contributed by atoms with Gasteiger partial charge in [0.05, 0.1) is 0 Å². The second kappa shape index (κ2) is 6.98. The molecule has 3 aliphatic rings. The van der Waals surface area contributed by atoms with E-state index in [1.807, 2.05) is 4.90 Å². The minimum Gasteiger partial charge on any atom is -0.338 e. The van der Waals surface area contributed by atoms with Gasteiger partial charge in [-0.05, 0) is 30.4 Å². The topological polar surface area (TPSA) is 69.7 Å². The first-order chi connectivity index (χ1) is 13.0. The van der Waals surface area contributed by atoms with E-state index in [1.54, 1.807) is 0 Å². The lowest BCUT2D eigenvalue weighted by atomic mass is 9.97. The third-order valence-corrected chi connectivity index (χ3v) is 6.24. The van der Waals surface area contributed by atoms with Gasteiger partial charge in [0.15, 0.2) is 0 Å². The van der Waals surface area contributed by atoms with Crippen LogP contribution in [0.4, 0.5) is 4.79 Å². The van der Waals surface area contributed by atoms with Gasteiger partial charge in [0.2, 0.25) is 5.91 Å². The average Bonchev–Trinajstić information content (AvgIpc) is 3.32. The number of carbonyl (C=O) groups is 3. The van der Waals surface area contributed by atoms with Crippen LogP contribution in [0.3, 0.4) is 0 Å². The number of imide groups is 1. The van der Waals surface area contributed by atoms with E-state index in [4.69, 9.17) is 0 Å². The highest BCUT2D eigenvalue weighted by molar-refractivity contribution is 6.07. The first-order valence-electron chi connectivity index (χ1n) is 10.0. The fourth-order valence-electron chi connectivity index (χ4n) is 4.65. The number of aryl methyl sites for hydroxylation is 1. The van der Waals surface area contributed by atoms with Crippen molar-refractivity contribution < 1.29 is 14.4 Å². The van der Waals surface area contributed by atoms with Gasteiger partial charge in [0.25, 0.3) is 5.91 Å². The lowest BCUT2D eigenvalue weighted by molar-refractivity contribution is -0.132. The second-order valence-electron chi connectivity index (χ2n) is 8.15. The second-order valence-corrected chi connectivity index (χ2v) is 8.15. The zero-order valence-electron chi connectivity index (χ0n) is 15.9. The van der Waals surface area contributed by atoms with Gasteiger partial charge in [-0.15, -0.1) is 0 Å². The number of amides is 4. The molecule has 0 radical (unpaired) electrons. The summed E-state index contributed by atoms with van der Waals surface area (Å²) in [5.41, 5.74) is 1.73. The van der Waals surface area contributed by atoms with Crippen LogP contribution in [0.5, 0.6) is 0 Å². The average molecular weight is 369 g/mol. The Labute approximate surface area is 159 Å². The Morgan fingerprint density at radius 2 is 1.74 bits per heavy atom. The highest BCUT2D eigenvalue weighted by Gasteiger charge is 2.53. The van der Waals surface area contributed by atoms with Gasteiger partial charge in [-0.1, -0.05) is 44.0 Å². The standard InChI is InChI=1S/C21H27N3O3/c1-2-15-5-7-16(8-6-15)12-23-13-17(11-18(23)25)14-24-19(26)21(22-20(24)27)9-3-4-10-21/h5-8,17H,2-4,9-14H2,1H3,(H,22,27). The smallest absolute Gasteiger partial charge is 0.325 e. The normalized spacial score (nSPS) is 24.3. The Hall–Kier alpha value is -2.37. The Morgan fingerprint density at radius 1 is 1.07 bits per heavy atom. The summed E-state index contributed by atoms with van der Waals surface area (Å²) >= 11 is 0.